The normalized spacial score (nSPS) is 11.7. The van der Waals surface area contributed by atoms with Gasteiger partial charge in [-0.3, -0.25) is 9.36 Å². The van der Waals surface area contributed by atoms with Crippen LogP contribution in [0.4, 0.5) is 0 Å². The zero-order chi connectivity index (χ0) is 32.5. The van der Waals surface area contributed by atoms with Crippen LogP contribution in [0, 0.1) is 0 Å². The lowest BCUT2D eigenvalue weighted by molar-refractivity contribution is -0.140. The van der Waals surface area contributed by atoms with Gasteiger partial charge in [0, 0.05) is 41.2 Å². The van der Waals surface area contributed by atoms with Crippen molar-refractivity contribution in [3.05, 3.63) is 84.0 Å². The van der Waals surface area contributed by atoms with Crippen LogP contribution < -0.4 is 9.47 Å². The van der Waals surface area contributed by atoms with Crippen molar-refractivity contribution in [1.82, 2.24) is 0 Å². The Bertz CT molecular complexity index is 1300. The highest BCUT2D eigenvalue weighted by atomic mass is 32.2. The minimum absolute atomic E-state index is 0.0830. The first-order valence-corrected chi connectivity index (χ1v) is 17.0. The Morgan fingerprint density at radius 2 is 1.25 bits per heavy atom. The maximum Gasteiger partial charge on any atom is 0.333 e. The molecular formula is C32H41O10PS. The summed E-state index contributed by atoms with van der Waals surface area (Å²) in [5.74, 6) is 0.722. The number of hydrogen-bond acceptors (Lipinski definition) is 9. The van der Waals surface area contributed by atoms with Crippen molar-refractivity contribution < 1.29 is 47.7 Å². The molecule has 0 radical (unpaired) electrons. The summed E-state index contributed by atoms with van der Waals surface area (Å²) < 4.78 is 32.8. The fourth-order valence-corrected chi connectivity index (χ4v) is 5.64. The number of ketones is 1. The van der Waals surface area contributed by atoms with Crippen LogP contribution in [0.25, 0.3) is 0 Å². The molecule has 0 spiro atoms. The van der Waals surface area contributed by atoms with Gasteiger partial charge in [0.05, 0.1) is 32.6 Å². The number of Topliss-reactive ketones (excluding diaryl/α,β-unsaturated/α-hetero) is 1. The minimum atomic E-state index is -4.10. The van der Waals surface area contributed by atoms with Crippen LogP contribution in [0.5, 0.6) is 11.5 Å². The highest BCUT2D eigenvalue weighted by molar-refractivity contribution is 7.99. The first kappa shape index (κ1) is 36.8. The molecule has 0 aliphatic heterocycles. The molecular weight excluding hydrogens is 607 g/mol. The van der Waals surface area contributed by atoms with E-state index in [0.717, 1.165) is 5.56 Å². The number of esters is 2. The smallest absolute Gasteiger partial charge is 0.333 e. The van der Waals surface area contributed by atoms with Gasteiger partial charge in [0.15, 0.2) is 5.78 Å². The molecule has 0 amide bonds. The summed E-state index contributed by atoms with van der Waals surface area (Å²) in [6, 6.07) is 14.1. The van der Waals surface area contributed by atoms with Crippen molar-refractivity contribution in [2.75, 3.05) is 38.3 Å². The zero-order valence-electron chi connectivity index (χ0n) is 25.2. The van der Waals surface area contributed by atoms with Gasteiger partial charge in [-0.1, -0.05) is 25.3 Å². The van der Waals surface area contributed by atoms with E-state index in [1.165, 1.54) is 11.8 Å². The summed E-state index contributed by atoms with van der Waals surface area (Å²) >= 11 is 1.47. The van der Waals surface area contributed by atoms with Crippen molar-refractivity contribution in [3.8, 4) is 11.5 Å². The molecule has 0 fully saturated rings. The largest absolute Gasteiger partial charge is 0.493 e. The summed E-state index contributed by atoms with van der Waals surface area (Å²) in [4.78, 5) is 54.5. The van der Waals surface area contributed by atoms with E-state index >= 15 is 0 Å². The van der Waals surface area contributed by atoms with Gasteiger partial charge in [0.1, 0.15) is 11.5 Å². The Labute approximate surface area is 263 Å². The molecule has 240 valence electrons. The van der Waals surface area contributed by atoms with Crippen LogP contribution in [-0.4, -0.2) is 65.9 Å². The summed E-state index contributed by atoms with van der Waals surface area (Å²) in [6.45, 7) is 11.4. The second-order valence-electron chi connectivity index (χ2n) is 10.1. The number of ether oxygens (including phenoxy) is 4. The topological polar surface area (TPSA) is 146 Å². The van der Waals surface area contributed by atoms with E-state index in [9.17, 15) is 28.7 Å². The van der Waals surface area contributed by atoms with Gasteiger partial charge >= 0.3 is 19.5 Å². The predicted octanol–water partition coefficient (Wildman–Crippen LogP) is 6.08. The molecule has 12 heteroatoms. The van der Waals surface area contributed by atoms with Gasteiger partial charge in [-0.25, -0.2) is 9.59 Å². The Kier molecular flexibility index (Phi) is 16.0. The third-order valence-electron chi connectivity index (χ3n) is 5.99. The van der Waals surface area contributed by atoms with E-state index < -0.39 is 19.5 Å². The van der Waals surface area contributed by atoms with Crippen LogP contribution in [0.15, 0.2) is 72.8 Å². The van der Waals surface area contributed by atoms with Crippen LogP contribution in [0.2, 0.25) is 0 Å². The van der Waals surface area contributed by atoms with Crippen molar-refractivity contribution in [2.45, 2.75) is 44.8 Å². The average molecular weight is 649 g/mol. The lowest BCUT2D eigenvalue weighted by Gasteiger charge is -2.18. The van der Waals surface area contributed by atoms with Gasteiger partial charge in [0.25, 0.3) is 0 Å². The van der Waals surface area contributed by atoms with Crippen LogP contribution in [0.3, 0.4) is 0 Å². The maximum absolute atomic E-state index is 13.2. The molecule has 0 saturated carbocycles. The van der Waals surface area contributed by atoms with Crippen LogP contribution >= 0.6 is 19.4 Å². The highest BCUT2D eigenvalue weighted by Crippen LogP contribution is 2.38. The van der Waals surface area contributed by atoms with Crippen molar-refractivity contribution in [1.29, 1.82) is 0 Å². The fraction of sp³-hybridized carbons (Fsp3) is 0.406. The van der Waals surface area contributed by atoms with Crippen molar-refractivity contribution in [3.63, 3.8) is 0 Å². The second kappa shape index (κ2) is 19.1. The van der Waals surface area contributed by atoms with Gasteiger partial charge in [0.2, 0.25) is 0 Å². The molecule has 44 heavy (non-hydrogen) atoms. The molecule has 0 heterocycles. The number of carbonyl (C=O) groups excluding carboxylic acids is 3. The third kappa shape index (κ3) is 14.9. The average Bonchev–Trinajstić information content (AvgIpc) is 2.98. The summed E-state index contributed by atoms with van der Waals surface area (Å²) in [5, 5.41) is -0.243. The number of benzene rings is 2. The fourth-order valence-electron chi connectivity index (χ4n) is 3.65. The monoisotopic (exact) mass is 648 g/mol. The molecule has 2 rings (SSSR count). The molecule has 2 aromatic carbocycles. The zero-order valence-corrected chi connectivity index (χ0v) is 26.9. The molecule has 2 aromatic rings. The van der Waals surface area contributed by atoms with Gasteiger partial charge in [-0.15, -0.1) is 0 Å². The van der Waals surface area contributed by atoms with Crippen LogP contribution in [0.1, 0.15) is 60.7 Å². The van der Waals surface area contributed by atoms with E-state index in [4.69, 9.17) is 18.9 Å². The number of rotatable bonds is 21. The van der Waals surface area contributed by atoms with Crippen molar-refractivity contribution in [2.24, 2.45) is 0 Å². The lowest BCUT2D eigenvalue weighted by Crippen LogP contribution is -2.09. The Morgan fingerprint density at radius 3 is 1.70 bits per heavy atom. The Hall–Kier alpha value is -3.37. The van der Waals surface area contributed by atoms with Gasteiger partial charge in [-0.05, 0) is 68.0 Å². The molecule has 1 atom stereocenters. The lowest BCUT2D eigenvalue weighted by atomic mass is 10.0. The van der Waals surface area contributed by atoms with E-state index in [0.29, 0.717) is 66.4 Å². The first-order chi connectivity index (χ1) is 20.9. The standard InChI is InChI=1S/C32H41O10PS/c1-23(2)31(34)41-18-5-16-39-27-12-8-25(9-13-27)29(33)22-30(44-21-7-20-43(36,37)38)26-10-14-28(15-11-26)40-17-6-19-42-32(35)24(3)4/h8-15,30H,1,3,5-7,16-22H2,2,4H3,(H2,36,37,38). The summed E-state index contributed by atoms with van der Waals surface area (Å²) in [6.07, 6.45) is 1.31. The molecule has 0 aromatic heterocycles. The third-order valence-corrected chi connectivity index (χ3v) is 8.25. The molecule has 0 bridgehead atoms. The van der Waals surface area contributed by atoms with E-state index in [-0.39, 0.29) is 36.8 Å². The second-order valence-corrected chi connectivity index (χ2v) is 13.1. The molecule has 0 saturated heterocycles. The number of carbonyl (C=O) groups is 3. The Balaban J connectivity index is 1.94. The summed E-state index contributed by atoms with van der Waals surface area (Å²) in [5.41, 5.74) is 2.08. The number of thioether (sulfide) groups is 1. The van der Waals surface area contributed by atoms with Gasteiger partial charge < -0.3 is 28.7 Å². The molecule has 0 aliphatic carbocycles. The van der Waals surface area contributed by atoms with Crippen molar-refractivity contribution >= 4 is 37.1 Å². The van der Waals surface area contributed by atoms with E-state index in [1.807, 2.05) is 12.1 Å². The van der Waals surface area contributed by atoms with E-state index in [2.05, 4.69) is 13.2 Å². The maximum atomic E-state index is 13.2. The number of hydrogen-bond donors (Lipinski definition) is 2. The predicted molar refractivity (Wildman–Crippen MR) is 170 cm³/mol. The minimum Gasteiger partial charge on any atom is -0.493 e. The van der Waals surface area contributed by atoms with Gasteiger partial charge in [-0.2, -0.15) is 11.8 Å². The highest BCUT2D eigenvalue weighted by Gasteiger charge is 2.20. The molecule has 10 nitrogen and oxygen atoms in total. The molecule has 1 unspecified atom stereocenters. The van der Waals surface area contributed by atoms with Crippen LogP contribution in [-0.2, 0) is 23.6 Å². The summed E-state index contributed by atoms with van der Waals surface area (Å²) in [7, 11) is -4.10. The quantitative estimate of drug-likeness (QED) is 0.0534. The first-order valence-electron chi connectivity index (χ1n) is 14.2. The Morgan fingerprint density at radius 1 is 0.773 bits per heavy atom. The van der Waals surface area contributed by atoms with E-state index in [1.54, 1.807) is 50.2 Å². The SMILES string of the molecule is C=C(C)C(=O)OCCCOc1ccc(C(=O)CC(SCCCP(=O)(O)O)c2ccc(OCCCOC(=O)C(=C)C)cc2)cc1. The molecule has 2 N–H and O–H groups in total. The molecule has 0 aliphatic rings.